The number of aliphatic hydroxyl groups excluding tert-OH is 3. The van der Waals surface area contributed by atoms with E-state index in [1.165, 1.54) is 0 Å². The number of aliphatic hydroxyl groups is 3. The summed E-state index contributed by atoms with van der Waals surface area (Å²) in [6, 6.07) is -2.62. The molecule has 2 saturated carbocycles. The van der Waals surface area contributed by atoms with Gasteiger partial charge in [0.2, 0.25) is 5.91 Å². The van der Waals surface area contributed by atoms with Gasteiger partial charge in [0.1, 0.15) is 29.9 Å². The molecule has 4 fully saturated rings. The Morgan fingerprint density at radius 2 is 1.86 bits per heavy atom. The topological polar surface area (TPSA) is 229 Å². The molecule has 4 aliphatic rings. The van der Waals surface area contributed by atoms with Crippen LogP contribution in [0.5, 0.6) is 0 Å². The van der Waals surface area contributed by atoms with Crippen molar-refractivity contribution in [2.24, 2.45) is 22.5 Å². The Kier molecular flexibility index (Phi) is 7.42. The molecule has 11 atom stereocenters. The Bertz CT molecular complexity index is 976. The molecule has 2 aliphatic heterocycles. The third-order valence-electron chi connectivity index (χ3n) is 8.99. The zero-order chi connectivity index (χ0) is 27.5. The van der Waals surface area contributed by atoms with Gasteiger partial charge in [0.25, 0.3) is 0 Å². The fourth-order valence-electron chi connectivity index (χ4n) is 6.66. The van der Waals surface area contributed by atoms with Crippen molar-refractivity contribution in [1.29, 1.82) is 0 Å². The van der Waals surface area contributed by atoms with Crippen LogP contribution in [0.15, 0.2) is 0 Å². The monoisotopic (exact) mass is 546 g/mol. The van der Waals surface area contributed by atoms with Gasteiger partial charge in [0.15, 0.2) is 5.78 Å². The first-order valence-corrected chi connectivity index (χ1v) is 13.2. The number of carboxylic acids is 2. The average molecular weight is 547 g/mol. The molecule has 37 heavy (non-hydrogen) atoms. The molecule has 0 aromatic carbocycles. The highest BCUT2D eigenvalue weighted by molar-refractivity contribution is 8.00. The second-order valence-corrected chi connectivity index (χ2v) is 12.0. The number of amides is 1. The van der Waals surface area contributed by atoms with Gasteiger partial charge >= 0.3 is 11.9 Å². The lowest BCUT2D eigenvalue weighted by Gasteiger charge is -2.62. The van der Waals surface area contributed by atoms with Gasteiger partial charge < -0.3 is 46.1 Å². The van der Waals surface area contributed by atoms with Gasteiger partial charge in [0, 0.05) is 28.8 Å². The summed E-state index contributed by atoms with van der Waals surface area (Å²) in [4.78, 5) is 48.3. The van der Waals surface area contributed by atoms with Gasteiger partial charge in [-0.05, 0) is 12.8 Å². The molecule has 14 heteroatoms. The van der Waals surface area contributed by atoms with E-state index < -0.39 is 94.3 Å². The van der Waals surface area contributed by atoms with Gasteiger partial charge in [0.05, 0.1) is 30.8 Å². The van der Waals surface area contributed by atoms with Crippen molar-refractivity contribution >= 4 is 35.4 Å². The molecular formula is C23H34N2O11S. The largest absolute Gasteiger partial charge is 0.480 e. The van der Waals surface area contributed by atoms with Gasteiger partial charge in [-0.25, -0.2) is 4.79 Å². The smallest absolute Gasteiger partial charge is 0.327 e. The number of carbonyl (C=O) groups is 4. The van der Waals surface area contributed by atoms with Crippen LogP contribution in [-0.2, 0) is 28.7 Å². The number of ketones is 1. The highest BCUT2D eigenvalue weighted by atomic mass is 32.2. The quantitative estimate of drug-likeness (QED) is 0.143. The Morgan fingerprint density at radius 3 is 2.41 bits per heavy atom. The summed E-state index contributed by atoms with van der Waals surface area (Å²) >= 11 is 1.07. The van der Waals surface area contributed by atoms with Crippen molar-refractivity contribution in [3.63, 3.8) is 0 Å². The lowest BCUT2D eigenvalue weighted by Crippen LogP contribution is -2.75. The summed E-state index contributed by atoms with van der Waals surface area (Å²) in [5, 5.41) is 52.9. The third kappa shape index (κ3) is 4.08. The highest BCUT2D eigenvalue weighted by Crippen LogP contribution is 2.72. The van der Waals surface area contributed by atoms with Crippen LogP contribution in [0.4, 0.5) is 0 Å². The molecule has 8 N–H and O–H groups in total. The molecule has 208 valence electrons. The predicted molar refractivity (Wildman–Crippen MR) is 126 cm³/mol. The van der Waals surface area contributed by atoms with Crippen molar-refractivity contribution in [3.8, 4) is 0 Å². The Morgan fingerprint density at radius 1 is 1.22 bits per heavy atom. The van der Waals surface area contributed by atoms with E-state index in [1.54, 1.807) is 13.8 Å². The number of carboxylic acid groups (broad SMARTS) is 2. The number of Topliss-reactive ketones (excluding diaryl/α,β-unsaturated/α-hetero) is 1. The Balaban J connectivity index is 1.55. The van der Waals surface area contributed by atoms with Crippen LogP contribution < -0.4 is 11.1 Å². The number of epoxide rings is 1. The van der Waals surface area contributed by atoms with Gasteiger partial charge in [-0.1, -0.05) is 13.8 Å². The molecule has 0 aromatic rings. The maximum Gasteiger partial charge on any atom is 0.327 e. The third-order valence-corrected chi connectivity index (χ3v) is 10.6. The first-order valence-electron chi connectivity index (χ1n) is 12.2. The van der Waals surface area contributed by atoms with Crippen LogP contribution in [0.2, 0.25) is 0 Å². The van der Waals surface area contributed by atoms with E-state index in [9.17, 15) is 39.6 Å². The van der Waals surface area contributed by atoms with Crippen molar-refractivity contribution < 1.29 is 54.2 Å². The Hall–Kier alpha value is -1.81. The molecule has 1 amide bonds. The van der Waals surface area contributed by atoms with Crippen molar-refractivity contribution in [3.05, 3.63) is 0 Å². The maximum atomic E-state index is 13.3. The molecule has 2 saturated heterocycles. The van der Waals surface area contributed by atoms with E-state index in [4.69, 9.17) is 20.3 Å². The average Bonchev–Trinajstić information content (AvgIpc) is 3.61. The number of rotatable bonds is 10. The van der Waals surface area contributed by atoms with E-state index in [1.807, 2.05) is 0 Å². The first-order chi connectivity index (χ1) is 17.3. The van der Waals surface area contributed by atoms with Crippen molar-refractivity contribution in [1.82, 2.24) is 5.32 Å². The van der Waals surface area contributed by atoms with Crippen LogP contribution in [0, 0.1) is 16.7 Å². The number of hydrogen-bond donors (Lipinski definition) is 7. The first kappa shape index (κ1) is 28.2. The van der Waals surface area contributed by atoms with E-state index in [-0.39, 0.29) is 31.6 Å². The maximum absolute atomic E-state index is 13.3. The minimum Gasteiger partial charge on any atom is -0.480 e. The summed E-state index contributed by atoms with van der Waals surface area (Å²) in [6.45, 7) is 3.02. The molecule has 0 radical (unpaired) electrons. The number of nitrogens with one attached hydrogen (secondary N) is 1. The standard InChI is InChI=1S/C23H34N2O11S/c1-9-14(29)16(30)22(7-26)18(36-17-12(27)5-21(22,2)23(17)8-35-23)15(9)37-6-11(20(33)34)25-13(28)4-3-10(24)19(31)32/h9-12,15-18,26-27,30H,3-8,24H2,1-2H3,(H,25,28)(H,31,32)(H,33,34)/t9?,10-,11-,12+,15+,16+,17+,18+,21+,22-,23-/m0/s1. The summed E-state index contributed by atoms with van der Waals surface area (Å²) in [5.41, 5.74) is 1.98. The zero-order valence-corrected chi connectivity index (χ0v) is 21.3. The number of carbonyl (C=O) groups excluding carboxylic acids is 2. The van der Waals surface area contributed by atoms with Gasteiger partial charge in [-0.15, -0.1) is 0 Å². The number of hydrogen-bond acceptors (Lipinski definition) is 11. The van der Waals surface area contributed by atoms with E-state index in [2.05, 4.69) is 5.32 Å². The minimum atomic E-state index is -1.58. The number of fused-ring (bicyclic) bond motifs is 2. The Labute approximate surface area is 217 Å². The van der Waals surface area contributed by atoms with E-state index in [0.717, 1.165) is 11.8 Å². The molecule has 4 rings (SSSR count). The van der Waals surface area contributed by atoms with Crippen LogP contribution in [0.3, 0.4) is 0 Å². The minimum absolute atomic E-state index is 0.150. The van der Waals surface area contributed by atoms with Crippen molar-refractivity contribution in [2.75, 3.05) is 19.0 Å². The number of thioether (sulfide) groups is 1. The number of nitrogens with two attached hydrogens (primary N) is 1. The second-order valence-electron chi connectivity index (χ2n) is 10.8. The fraction of sp³-hybridized carbons (Fsp3) is 0.826. The lowest BCUT2D eigenvalue weighted by molar-refractivity contribution is -0.266. The molecule has 1 unspecified atom stereocenters. The zero-order valence-electron chi connectivity index (χ0n) is 20.5. The SMILES string of the molecule is CC1C(=O)[C@@H](O)[C@@]2(CO)[C@H](O[C@@H]3[C@H](O)C[C@@]2(C)[C@]32CO2)[C@@H]1SC[C@H](NC(=O)CC[C@H](N)C(=O)O)C(=O)O. The summed E-state index contributed by atoms with van der Waals surface area (Å²) in [5.74, 6) is -4.77. The summed E-state index contributed by atoms with van der Waals surface area (Å²) in [6.07, 6.45) is -4.47. The van der Waals surface area contributed by atoms with Crippen LogP contribution in [0.25, 0.3) is 0 Å². The fourth-order valence-corrected chi connectivity index (χ4v) is 8.20. The number of ether oxygens (including phenoxy) is 2. The number of aliphatic carboxylic acids is 2. The molecule has 1 spiro atoms. The molecule has 2 bridgehead atoms. The predicted octanol–water partition coefficient (Wildman–Crippen LogP) is -2.28. The van der Waals surface area contributed by atoms with E-state index >= 15 is 0 Å². The van der Waals surface area contributed by atoms with E-state index in [0.29, 0.717) is 0 Å². The van der Waals surface area contributed by atoms with Crippen molar-refractivity contribution in [2.45, 2.75) is 80.5 Å². The van der Waals surface area contributed by atoms with Crippen LogP contribution >= 0.6 is 11.8 Å². The summed E-state index contributed by atoms with van der Waals surface area (Å²) in [7, 11) is 0. The molecule has 0 aromatic heterocycles. The molecular weight excluding hydrogens is 512 g/mol. The molecule has 2 heterocycles. The van der Waals surface area contributed by atoms with Gasteiger partial charge in [-0.3, -0.25) is 14.4 Å². The second kappa shape index (κ2) is 9.74. The van der Waals surface area contributed by atoms with Crippen LogP contribution in [-0.4, -0.2) is 115 Å². The molecule has 13 nitrogen and oxygen atoms in total. The normalized spacial score (nSPS) is 43.7. The highest BCUT2D eigenvalue weighted by Gasteiger charge is 2.84. The lowest BCUT2D eigenvalue weighted by atomic mass is 9.49. The van der Waals surface area contributed by atoms with Crippen LogP contribution in [0.1, 0.15) is 33.1 Å². The molecule has 2 aliphatic carbocycles. The van der Waals surface area contributed by atoms with Gasteiger partial charge in [-0.2, -0.15) is 11.8 Å². The summed E-state index contributed by atoms with van der Waals surface area (Å²) < 4.78 is 12.1.